The molecule has 26 heavy (non-hydrogen) atoms. The molecule has 2 N–H and O–H groups in total. The molecule has 0 aliphatic rings. The van der Waals surface area contributed by atoms with E-state index in [4.69, 9.17) is 4.74 Å². The van der Waals surface area contributed by atoms with Gasteiger partial charge in [0.1, 0.15) is 5.75 Å². The first-order valence-electron chi connectivity index (χ1n) is 8.29. The molecule has 2 aromatic rings. The minimum atomic E-state index is -0.202. The van der Waals surface area contributed by atoms with Crippen LogP contribution < -0.4 is 15.4 Å². The molecule has 1 aromatic carbocycles. The standard InChI is InChI=1S/C18H24N4O3S/c1-5-15-12(2)26-18(20-15)21-17(24)11-22(3)10-16(23)19-13-7-6-8-14(9-13)25-4/h6-9H,5,10-11H2,1-4H3,(H,19,23)(H,20,21,24). The van der Waals surface area contributed by atoms with E-state index in [1.807, 2.05) is 13.8 Å². The molecule has 0 spiro atoms. The van der Waals surface area contributed by atoms with Crippen LogP contribution in [0.25, 0.3) is 0 Å². The number of rotatable bonds is 8. The molecule has 2 rings (SSSR count). The van der Waals surface area contributed by atoms with Gasteiger partial charge in [-0.1, -0.05) is 13.0 Å². The van der Waals surface area contributed by atoms with Gasteiger partial charge < -0.3 is 15.4 Å². The summed E-state index contributed by atoms with van der Waals surface area (Å²) in [5.41, 5.74) is 1.65. The summed E-state index contributed by atoms with van der Waals surface area (Å²) in [4.78, 5) is 31.4. The Hall–Kier alpha value is -2.45. The van der Waals surface area contributed by atoms with Crippen molar-refractivity contribution in [1.82, 2.24) is 9.88 Å². The van der Waals surface area contributed by atoms with Crippen molar-refractivity contribution >= 4 is 34.0 Å². The molecule has 1 aromatic heterocycles. The van der Waals surface area contributed by atoms with Crippen molar-refractivity contribution in [3.63, 3.8) is 0 Å². The van der Waals surface area contributed by atoms with Crippen LogP contribution in [-0.4, -0.2) is 48.9 Å². The van der Waals surface area contributed by atoms with E-state index in [1.54, 1.807) is 43.3 Å². The predicted octanol–water partition coefficient (Wildman–Crippen LogP) is 2.53. The van der Waals surface area contributed by atoms with Crippen LogP contribution in [0.1, 0.15) is 17.5 Å². The maximum Gasteiger partial charge on any atom is 0.240 e. The number of amides is 2. The Balaban J connectivity index is 1.81. The van der Waals surface area contributed by atoms with Crippen molar-refractivity contribution in [3.05, 3.63) is 34.8 Å². The second-order valence-electron chi connectivity index (χ2n) is 5.88. The maximum atomic E-state index is 12.1. The van der Waals surface area contributed by atoms with Gasteiger partial charge in [0.2, 0.25) is 11.8 Å². The van der Waals surface area contributed by atoms with E-state index >= 15 is 0 Å². The largest absolute Gasteiger partial charge is 0.497 e. The van der Waals surface area contributed by atoms with Gasteiger partial charge in [-0.15, -0.1) is 11.3 Å². The van der Waals surface area contributed by atoms with Gasteiger partial charge in [0.15, 0.2) is 5.13 Å². The highest BCUT2D eigenvalue weighted by Gasteiger charge is 2.13. The zero-order valence-corrected chi connectivity index (χ0v) is 16.3. The maximum absolute atomic E-state index is 12.1. The number of carbonyl (C=O) groups excluding carboxylic acids is 2. The number of nitrogens with one attached hydrogen (secondary N) is 2. The first-order valence-corrected chi connectivity index (χ1v) is 9.11. The average Bonchev–Trinajstić information content (AvgIpc) is 2.93. The van der Waals surface area contributed by atoms with Gasteiger partial charge in [0.25, 0.3) is 0 Å². The number of hydrogen-bond acceptors (Lipinski definition) is 6. The van der Waals surface area contributed by atoms with Crippen LogP contribution in [0.4, 0.5) is 10.8 Å². The molecule has 0 unspecified atom stereocenters. The smallest absolute Gasteiger partial charge is 0.240 e. The lowest BCUT2D eigenvalue weighted by Gasteiger charge is -2.15. The number of aryl methyl sites for hydroxylation is 2. The highest BCUT2D eigenvalue weighted by atomic mass is 32.1. The Morgan fingerprint density at radius 2 is 1.92 bits per heavy atom. The predicted molar refractivity (Wildman–Crippen MR) is 104 cm³/mol. The van der Waals surface area contributed by atoms with Gasteiger partial charge in [-0.2, -0.15) is 0 Å². The number of thiazole rings is 1. The number of likely N-dealkylation sites (N-methyl/N-ethyl adjacent to an activating group) is 1. The molecular formula is C18H24N4O3S. The number of hydrogen-bond donors (Lipinski definition) is 2. The van der Waals surface area contributed by atoms with Gasteiger partial charge in [-0.25, -0.2) is 4.98 Å². The molecule has 7 nitrogen and oxygen atoms in total. The van der Waals surface area contributed by atoms with Crippen LogP contribution in [-0.2, 0) is 16.0 Å². The normalized spacial score (nSPS) is 10.7. The summed E-state index contributed by atoms with van der Waals surface area (Å²) in [5, 5.41) is 6.17. The van der Waals surface area contributed by atoms with E-state index in [1.165, 1.54) is 11.3 Å². The van der Waals surface area contributed by atoms with Crippen LogP contribution in [0.5, 0.6) is 5.75 Å². The average molecular weight is 376 g/mol. The Morgan fingerprint density at radius 1 is 1.23 bits per heavy atom. The Bertz CT molecular complexity index is 776. The minimum Gasteiger partial charge on any atom is -0.497 e. The first-order chi connectivity index (χ1) is 12.4. The molecular weight excluding hydrogens is 352 g/mol. The van der Waals surface area contributed by atoms with Crippen molar-refractivity contribution in [3.8, 4) is 5.75 Å². The third-order valence-corrected chi connectivity index (χ3v) is 4.58. The van der Waals surface area contributed by atoms with Crippen molar-refractivity contribution in [2.24, 2.45) is 0 Å². The topological polar surface area (TPSA) is 83.6 Å². The summed E-state index contributed by atoms with van der Waals surface area (Å²) in [6.45, 7) is 4.22. The second-order valence-corrected chi connectivity index (χ2v) is 7.08. The van der Waals surface area contributed by atoms with Crippen LogP contribution in [0.2, 0.25) is 0 Å². The SMILES string of the molecule is CCc1nc(NC(=O)CN(C)CC(=O)Nc2cccc(OC)c2)sc1C. The van der Waals surface area contributed by atoms with Gasteiger partial charge in [-0.3, -0.25) is 14.5 Å². The first kappa shape index (κ1) is 19.9. The Kier molecular flexibility index (Phi) is 7.11. The number of anilines is 2. The van der Waals surface area contributed by atoms with Crippen molar-refractivity contribution in [2.75, 3.05) is 37.9 Å². The monoisotopic (exact) mass is 376 g/mol. The highest BCUT2D eigenvalue weighted by molar-refractivity contribution is 7.15. The zero-order valence-electron chi connectivity index (χ0n) is 15.5. The van der Waals surface area contributed by atoms with E-state index in [0.717, 1.165) is 17.0 Å². The third kappa shape index (κ3) is 5.82. The lowest BCUT2D eigenvalue weighted by Crippen LogP contribution is -2.36. The van der Waals surface area contributed by atoms with Crippen LogP contribution in [0.15, 0.2) is 24.3 Å². The summed E-state index contributed by atoms with van der Waals surface area (Å²) >= 11 is 1.46. The van der Waals surface area contributed by atoms with E-state index in [-0.39, 0.29) is 24.9 Å². The molecule has 0 saturated heterocycles. The molecule has 0 saturated carbocycles. The molecule has 0 aliphatic heterocycles. The summed E-state index contributed by atoms with van der Waals surface area (Å²) < 4.78 is 5.13. The van der Waals surface area contributed by atoms with Crippen LogP contribution >= 0.6 is 11.3 Å². The van der Waals surface area contributed by atoms with Gasteiger partial charge >= 0.3 is 0 Å². The molecule has 8 heteroatoms. The fourth-order valence-corrected chi connectivity index (χ4v) is 3.33. The lowest BCUT2D eigenvalue weighted by atomic mass is 10.3. The second kappa shape index (κ2) is 9.30. The van der Waals surface area contributed by atoms with Crippen molar-refractivity contribution < 1.29 is 14.3 Å². The summed E-state index contributed by atoms with van der Waals surface area (Å²) in [6.07, 6.45) is 0.836. The summed E-state index contributed by atoms with van der Waals surface area (Å²) in [5.74, 6) is 0.269. The van der Waals surface area contributed by atoms with Gasteiger partial charge in [0, 0.05) is 16.6 Å². The zero-order chi connectivity index (χ0) is 19.1. The number of carbonyl (C=O) groups is 2. The lowest BCUT2D eigenvalue weighted by molar-refractivity contribution is -0.119. The molecule has 0 atom stereocenters. The molecule has 140 valence electrons. The summed E-state index contributed by atoms with van der Waals surface area (Å²) in [7, 11) is 3.29. The third-order valence-electron chi connectivity index (χ3n) is 3.65. The molecule has 0 aliphatic carbocycles. The number of nitrogens with zero attached hydrogens (tertiary/aromatic N) is 2. The Morgan fingerprint density at radius 3 is 2.54 bits per heavy atom. The molecule has 0 bridgehead atoms. The fraction of sp³-hybridized carbons (Fsp3) is 0.389. The highest BCUT2D eigenvalue weighted by Crippen LogP contribution is 2.22. The van der Waals surface area contributed by atoms with Crippen molar-refractivity contribution in [2.45, 2.75) is 20.3 Å². The van der Waals surface area contributed by atoms with E-state index < -0.39 is 0 Å². The van der Waals surface area contributed by atoms with Gasteiger partial charge in [-0.05, 0) is 32.5 Å². The van der Waals surface area contributed by atoms with E-state index in [9.17, 15) is 9.59 Å². The fourth-order valence-electron chi connectivity index (χ4n) is 2.42. The van der Waals surface area contributed by atoms with Crippen molar-refractivity contribution in [1.29, 1.82) is 0 Å². The molecule has 0 radical (unpaired) electrons. The number of benzene rings is 1. The van der Waals surface area contributed by atoms with Gasteiger partial charge in [0.05, 0.1) is 25.9 Å². The van der Waals surface area contributed by atoms with Crippen LogP contribution in [0, 0.1) is 6.92 Å². The Labute approximate surface area is 157 Å². The summed E-state index contributed by atoms with van der Waals surface area (Å²) in [6, 6.07) is 7.12. The quantitative estimate of drug-likeness (QED) is 0.740. The van der Waals surface area contributed by atoms with E-state index in [2.05, 4.69) is 15.6 Å². The minimum absolute atomic E-state index is 0.0989. The van der Waals surface area contributed by atoms with E-state index in [0.29, 0.717) is 16.6 Å². The van der Waals surface area contributed by atoms with Crippen LogP contribution in [0.3, 0.4) is 0 Å². The number of ether oxygens (including phenoxy) is 1. The molecule has 2 amide bonds. The number of methoxy groups -OCH3 is 1. The molecule has 1 heterocycles. The molecule has 0 fully saturated rings. The number of aromatic nitrogens is 1.